The van der Waals surface area contributed by atoms with Crippen molar-refractivity contribution in [2.75, 3.05) is 0 Å². The Balaban J connectivity index is 1.34. The van der Waals surface area contributed by atoms with Gasteiger partial charge in [-0.25, -0.2) is 0 Å². The lowest BCUT2D eigenvalue weighted by molar-refractivity contribution is 1.16. The van der Waals surface area contributed by atoms with Gasteiger partial charge in [0.05, 0.1) is 22.1 Å². The third-order valence-corrected chi connectivity index (χ3v) is 10.2. The van der Waals surface area contributed by atoms with Crippen LogP contribution in [0.4, 0.5) is 0 Å². The smallest absolute Gasteiger partial charge is 0.0561 e. The van der Waals surface area contributed by atoms with Crippen molar-refractivity contribution in [2.45, 2.75) is 0 Å². The predicted octanol–water partition coefficient (Wildman–Crippen LogP) is 11.4. The number of aromatic nitrogens is 2. The second kappa shape index (κ2) is 8.57. The molecule has 0 N–H and O–H groups in total. The molecule has 0 aliphatic rings. The third kappa shape index (κ3) is 3.17. The van der Waals surface area contributed by atoms with Crippen molar-refractivity contribution in [1.82, 2.24) is 9.13 Å². The van der Waals surface area contributed by atoms with Crippen LogP contribution < -0.4 is 0 Å². The van der Waals surface area contributed by atoms with E-state index in [4.69, 9.17) is 0 Å². The Morgan fingerprint density at radius 3 is 1.79 bits per heavy atom. The van der Waals surface area contributed by atoms with Crippen LogP contribution in [0.2, 0.25) is 0 Å². The standard InChI is InChI=1S/C40H24N2S/c1-2-10-26(11-3-1)41-34-15-7-4-12-28(34)30-20-19-27(23-36(30)41)42-35-16-8-5-13-29(35)33-22-25-18-21-39-40(32(25)24-37(33)42)31-14-6-9-17-38(31)43-39/h1-24H. The second-order valence-corrected chi connectivity index (χ2v) is 12.5. The zero-order valence-corrected chi connectivity index (χ0v) is 24.0. The minimum Gasteiger partial charge on any atom is -0.309 e. The summed E-state index contributed by atoms with van der Waals surface area (Å²) in [6.45, 7) is 0. The highest BCUT2D eigenvalue weighted by Gasteiger charge is 2.18. The van der Waals surface area contributed by atoms with E-state index in [1.807, 2.05) is 11.3 Å². The van der Waals surface area contributed by atoms with Crippen molar-refractivity contribution in [3.63, 3.8) is 0 Å². The number of benzene rings is 7. The molecule has 3 aromatic heterocycles. The molecule has 200 valence electrons. The fourth-order valence-corrected chi connectivity index (χ4v) is 8.36. The zero-order chi connectivity index (χ0) is 28.1. The first-order chi connectivity index (χ1) is 21.3. The summed E-state index contributed by atoms with van der Waals surface area (Å²) in [6, 6.07) is 53.5. The minimum atomic E-state index is 1.17. The second-order valence-electron chi connectivity index (χ2n) is 11.4. The van der Waals surface area contributed by atoms with Crippen LogP contribution >= 0.6 is 11.3 Å². The van der Waals surface area contributed by atoms with Gasteiger partial charge in [-0.2, -0.15) is 0 Å². The molecule has 2 nitrogen and oxygen atoms in total. The topological polar surface area (TPSA) is 9.86 Å². The molecule has 0 unspecified atom stereocenters. The van der Waals surface area contributed by atoms with Gasteiger partial charge in [-0.15, -0.1) is 11.3 Å². The molecule has 0 amide bonds. The van der Waals surface area contributed by atoms with Gasteiger partial charge in [0.25, 0.3) is 0 Å². The van der Waals surface area contributed by atoms with Crippen LogP contribution in [0.25, 0.3) is 85.9 Å². The molecule has 10 aromatic rings. The summed E-state index contributed by atoms with van der Waals surface area (Å²) < 4.78 is 7.54. The fourth-order valence-electron chi connectivity index (χ4n) is 7.24. The maximum absolute atomic E-state index is 2.46. The Bertz CT molecular complexity index is 2720. The van der Waals surface area contributed by atoms with E-state index in [-0.39, 0.29) is 0 Å². The van der Waals surface area contributed by atoms with Crippen molar-refractivity contribution in [2.24, 2.45) is 0 Å². The molecule has 0 atom stereocenters. The Kier molecular flexibility index (Phi) is 4.63. The Morgan fingerprint density at radius 2 is 0.977 bits per heavy atom. The molecular formula is C40H24N2S. The van der Waals surface area contributed by atoms with Gasteiger partial charge >= 0.3 is 0 Å². The molecule has 0 aliphatic carbocycles. The summed E-state index contributed by atoms with van der Waals surface area (Å²) in [5, 5.41) is 10.4. The first-order valence-corrected chi connectivity index (χ1v) is 15.5. The third-order valence-electron chi connectivity index (χ3n) is 9.08. The van der Waals surface area contributed by atoms with E-state index in [2.05, 4.69) is 155 Å². The molecule has 0 aliphatic heterocycles. The lowest BCUT2D eigenvalue weighted by Crippen LogP contribution is -1.96. The molecule has 7 aromatic carbocycles. The average molecular weight is 565 g/mol. The highest BCUT2D eigenvalue weighted by atomic mass is 32.1. The quantitative estimate of drug-likeness (QED) is 0.198. The summed E-state index contributed by atoms with van der Waals surface area (Å²) in [6.07, 6.45) is 0. The van der Waals surface area contributed by atoms with Crippen LogP contribution in [0.1, 0.15) is 0 Å². The summed E-state index contributed by atoms with van der Waals surface area (Å²) in [5.41, 5.74) is 7.23. The summed E-state index contributed by atoms with van der Waals surface area (Å²) in [5.74, 6) is 0. The predicted molar refractivity (Wildman–Crippen MR) is 186 cm³/mol. The summed E-state index contributed by atoms with van der Waals surface area (Å²) in [4.78, 5) is 0. The number of rotatable bonds is 2. The Hall–Kier alpha value is -5.38. The largest absolute Gasteiger partial charge is 0.309 e. The van der Waals surface area contributed by atoms with E-state index in [1.54, 1.807) is 0 Å². The van der Waals surface area contributed by atoms with Gasteiger partial charge in [-0.3, -0.25) is 0 Å². The van der Waals surface area contributed by atoms with E-state index in [0.29, 0.717) is 0 Å². The van der Waals surface area contributed by atoms with E-state index in [0.717, 1.165) is 0 Å². The molecule has 10 rings (SSSR count). The highest BCUT2D eigenvalue weighted by molar-refractivity contribution is 7.26. The molecular weight excluding hydrogens is 541 g/mol. The Labute approximate surface area is 251 Å². The van der Waals surface area contributed by atoms with Gasteiger partial charge in [0.1, 0.15) is 0 Å². The van der Waals surface area contributed by atoms with E-state index in [1.165, 1.54) is 85.9 Å². The van der Waals surface area contributed by atoms with Gasteiger partial charge in [0.15, 0.2) is 0 Å². The lowest BCUT2D eigenvalue weighted by Gasteiger charge is -2.11. The molecule has 3 heterocycles. The van der Waals surface area contributed by atoms with E-state index in [9.17, 15) is 0 Å². The number of thiophene rings is 1. The number of fused-ring (bicyclic) bond motifs is 11. The van der Waals surface area contributed by atoms with Gasteiger partial charge in [0.2, 0.25) is 0 Å². The van der Waals surface area contributed by atoms with Crippen LogP contribution in [0.5, 0.6) is 0 Å². The first-order valence-electron chi connectivity index (χ1n) is 14.7. The Morgan fingerprint density at radius 1 is 0.349 bits per heavy atom. The van der Waals surface area contributed by atoms with Gasteiger partial charge in [0, 0.05) is 53.1 Å². The normalized spacial score (nSPS) is 12.2. The first kappa shape index (κ1) is 23.2. The van der Waals surface area contributed by atoms with Crippen molar-refractivity contribution >= 4 is 85.9 Å². The number of hydrogen-bond acceptors (Lipinski definition) is 1. The molecule has 0 saturated heterocycles. The average Bonchev–Trinajstić information content (AvgIpc) is 3.71. The molecule has 0 saturated carbocycles. The maximum Gasteiger partial charge on any atom is 0.0561 e. The SMILES string of the molecule is c1ccc(-n2c3ccccc3c3ccc(-n4c5ccccc5c5cc6ccc7sc8ccccc8c7c6cc54)cc32)cc1. The lowest BCUT2D eigenvalue weighted by atomic mass is 10.0. The number of nitrogens with zero attached hydrogens (tertiary/aromatic N) is 2. The maximum atomic E-state index is 2.46. The van der Waals surface area contributed by atoms with Crippen LogP contribution in [0, 0.1) is 0 Å². The van der Waals surface area contributed by atoms with Gasteiger partial charge in [-0.1, -0.05) is 84.9 Å². The molecule has 43 heavy (non-hydrogen) atoms. The van der Waals surface area contributed by atoms with Crippen molar-refractivity contribution < 1.29 is 0 Å². The molecule has 0 spiro atoms. The number of para-hydroxylation sites is 3. The van der Waals surface area contributed by atoms with Gasteiger partial charge < -0.3 is 9.13 Å². The van der Waals surface area contributed by atoms with Gasteiger partial charge in [-0.05, 0) is 71.4 Å². The molecule has 0 bridgehead atoms. The monoisotopic (exact) mass is 564 g/mol. The number of hydrogen-bond donors (Lipinski definition) is 0. The zero-order valence-electron chi connectivity index (χ0n) is 23.2. The molecule has 0 fully saturated rings. The summed E-state index contributed by atoms with van der Waals surface area (Å²) in [7, 11) is 0. The van der Waals surface area contributed by atoms with Crippen molar-refractivity contribution in [1.29, 1.82) is 0 Å². The highest BCUT2D eigenvalue weighted by Crippen LogP contribution is 2.42. The minimum absolute atomic E-state index is 1.17. The van der Waals surface area contributed by atoms with Crippen molar-refractivity contribution in [3.8, 4) is 11.4 Å². The van der Waals surface area contributed by atoms with Crippen LogP contribution in [-0.4, -0.2) is 9.13 Å². The van der Waals surface area contributed by atoms with Crippen molar-refractivity contribution in [3.05, 3.63) is 146 Å². The summed E-state index contributed by atoms with van der Waals surface area (Å²) >= 11 is 1.88. The van der Waals surface area contributed by atoms with E-state index >= 15 is 0 Å². The van der Waals surface area contributed by atoms with Crippen LogP contribution in [-0.2, 0) is 0 Å². The van der Waals surface area contributed by atoms with E-state index < -0.39 is 0 Å². The molecule has 0 radical (unpaired) electrons. The fraction of sp³-hybridized carbons (Fsp3) is 0. The van der Waals surface area contributed by atoms with Crippen LogP contribution in [0.3, 0.4) is 0 Å². The van der Waals surface area contributed by atoms with Crippen LogP contribution in [0.15, 0.2) is 146 Å². The molecule has 3 heteroatoms.